The van der Waals surface area contributed by atoms with Crippen molar-refractivity contribution < 1.29 is 27.9 Å². The van der Waals surface area contributed by atoms with Gasteiger partial charge in [0.15, 0.2) is 0 Å². The SMILES string of the molecule is COC1CCCC(CNCC(O)C(Cc2ccccc2)NC(=O)c2cc(C(=O)NC(C)c3ccccc3)cc(N(C)S(C)(=O)=O)c2)C1. The fraction of sp³-hybridized carbons (Fsp3) is 0.444. The first-order chi connectivity index (χ1) is 22.4. The summed E-state index contributed by atoms with van der Waals surface area (Å²) in [5.41, 5.74) is 2.24. The van der Waals surface area contributed by atoms with Gasteiger partial charge in [-0.2, -0.15) is 0 Å². The third kappa shape index (κ3) is 10.6. The van der Waals surface area contributed by atoms with Crippen LogP contribution in [0.2, 0.25) is 0 Å². The molecule has 3 aromatic carbocycles. The van der Waals surface area contributed by atoms with Crippen LogP contribution in [0.25, 0.3) is 0 Å². The van der Waals surface area contributed by atoms with Gasteiger partial charge in [0.2, 0.25) is 10.0 Å². The van der Waals surface area contributed by atoms with E-state index < -0.39 is 34.0 Å². The summed E-state index contributed by atoms with van der Waals surface area (Å²) in [4.78, 5) is 27.2. The lowest BCUT2D eigenvalue weighted by Crippen LogP contribution is -2.49. The van der Waals surface area contributed by atoms with Gasteiger partial charge in [-0.15, -0.1) is 0 Å². The van der Waals surface area contributed by atoms with E-state index in [-0.39, 0.29) is 35.5 Å². The Bertz CT molecular complexity index is 1570. The number of ether oxygens (including phenoxy) is 1. The number of nitrogens with one attached hydrogen (secondary N) is 3. The number of carbonyl (C=O) groups excluding carboxylic acids is 2. The summed E-state index contributed by atoms with van der Waals surface area (Å²) in [6.45, 7) is 2.86. The van der Waals surface area contributed by atoms with Crippen molar-refractivity contribution in [2.75, 3.05) is 37.8 Å². The van der Waals surface area contributed by atoms with Gasteiger partial charge in [0.1, 0.15) is 0 Å². The maximum absolute atomic E-state index is 13.8. The Kier molecular flexibility index (Phi) is 12.9. The lowest BCUT2D eigenvalue weighted by Gasteiger charge is -2.29. The number of benzene rings is 3. The molecule has 5 atom stereocenters. The normalized spacial score (nSPS) is 18.5. The third-order valence-electron chi connectivity index (χ3n) is 8.88. The fourth-order valence-electron chi connectivity index (χ4n) is 5.97. The molecule has 0 spiro atoms. The molecule has 0 heterocycles. The molecule has 1 fully saturated rings. The van der Waals surface area contributed by atoms with Crippen LogP contribution >= 0.6 is 0 Å². The van der Waals surface area contributed by atoms with Crippen molar-refractivity contribution in [2.24, 2.45) is 5.92 Å². The molecule has 2 amide bonds. The van der Waals surface area contributed by atoms with Gasteiger partial charge in [0.05, 0.1) is 36.2 Å². The van der Waals surface area contributed by atoms with Gasteiger partial charge < -0.3 is 25.8 Å². The molecule has 0 radical (unpaired) electrons. The number of amides is 2. The molecule has 4 N–H and O–H groups in total. The van der Waals surface area contributed by atoms with Crippen molar-refractivity contribution in [1.82, 2.24) is 16.0 Å². The molecule has 0 aromatic heterocycles. The predicted molar refractivity (Wildman–Crippen MR) is 185 cm³/mol. The lowest BCUT2D eigenvalue weighted by molar-refractivity contribution is 0.0492. The van der Waals surface area contributed by atoms with Gasteiger partial charge in [-0.05, 0) is 74.4 Å². The van der Waals surface area contributed by atoms with E-state index in [1.54, 1.807) is 7.11 Å². The van der Waals surface area contributed by atoms with Crippen LogP contribution in [0.15, 0.2) is 78.9 Å². The second kappa shape index (κ2) is 16.9. The summed E-state index contributed by atoms with van der Waals surface area (Å²) in [5.74, 6) is -0.538. The summed E-state index contributed by atoms with van der Waals surface area (Å²) >= 11 is 0. The zero-order valence-electron chi connectivity index (χ0n) is 27.7. The lowest BCUT2D eigenvalue weighted by atomic mass is 9.87. The number of sulfonamides is 1. The Morgan fingerprint density at radius 3 is 2.19 bits per heavy atom. The largest absolute Gasteiger partial charge is 0.390 e. The molecule has 11 heteroatoms. The minimum absolute atomic E-state index is 0.0987. The standard InChI is InChI=1S/C36H48N4O6S/c1-25(28-15-9-6-10-16-28)38-35(42)29-20-30(22-31(21-29)40(2)47(4,44)45)36(43)39-33(19-26-12-7-5-8-13-26)34(41)24-37-23-27-14-11-17-32(18-27)46-3/h5-10,12-13,15-16,20-22,25,27,32-34,37,41H,11,14,17-19,23-24H2,1-4H3,(H,38,42)(H,39,43). The molecular formula is C36H48N4O6S. The number of anilines is 1. The molecule has 0 bridgehead atoms. The first kappa shape index (κ1) is 36.1. The first-order valence-electron chi connectivity index (χ1n) is 16.2. The maximum Gasteiger partial charge on any atom is 0.251 e. The Morgan fingerprint density at radius 2 is 1.57 bits per heavy atom. The number of rotatable bonds is 15. The highest BCUT2D eigenvalue weighted by Gasteiger charge is 2.26. The van der Waals surface area contributed by atoms with E-state index in [0.29, 0.717) is 12.3 Å². The summed E-state index contributed by atoms with van der Waals surface area (Å²) in [6.07, 6.45) is 5.02. The van der Waals surface area contributed by atoms with Crippen molar-refractivity contribution in [2.45, 2.75) is 63.3 Å². The Balaban J connectivity index is 1.54. The van der Waals surface area contributed by atoms with Gasteiger partial charge in [0, 0.05) is 31.8 Å². The molecule has 47 heavy (non-hydrogen) atoms. The smallest absolute Gasteiger partial charge is 0.251 e. The van der Waals surface area contributed by atoms with Crippen LogP contribution in [0.3, 0.4) is 0 Å². The van der Waals surface area contributed by atoms with E-state index in [1.165, 1.54) is 25.2 Å². The molecule has 3 aromatic rings. The van der Waals surface area contributed by atoms with Crippen LogP contribution in [0.5, 0.6) is 0 Å². The van der Waals surface area contributed by atoms with Crippen molar-refractivity contribution in [3.63, 3.8) is 0 Å². The van der Waals surface area contributed by atoms with Gasteiger partial charge in [-0.1, -0.05) is 67.1 Å². The van der Waals surface area contributed by atoms with Gasteiger partial charge in [0.25, 0.3) is 11.8 Å². The van der Waals surface area contributed by atoms with Crippen molar-refractivity contribution in [3.8, 4) is 0 Å². The number of hydrogen-bond donors (Lipinski definition) is 4. The number of aliphatic hydroxyl groups excluding tert-OH is 1. The van der Waals surface area contributed by atoms with Crippen molar-refractivity contribution in [1.29, 1.82) is 0 Å². The van der Waals surface area contributed by atoms with Crippen LogP contribution in [-0.4, -0.2) is 77.1 Å². The average Bonchev–Trinajstić information content (AvgIpc) is 3.07. The molecule has 5 unspecified atom stereocenters. The summed E-state index contributed by atoms with van der Waals surface area (Å²) < 4.78 is 31.5. The minimum Gasteiger partial charge on any atom is -0.390 e. The quantitative estimate of drug-likeness (QED) is 0.192. The number of methoxy groups -OCH3 is 1. The predicted octanol–water partition coefficient (Wildman–Crippen LogP) is 4.07. The number of aliphatic hydroxyl groups is 1. The molecule has 1 saturated carbocycles. The number of hydrogen-bond acceptors (Lipinski definition) is 7. The molecular weight excluding hydrogens is 616 g/mol. The van der Waals surface area contributed by atoms with E-state index in [1.807, 2.05) is 67.6 Å². The highest BCUT2D eigenvalue weighted by atomic mass is 32.2. The number of nitrogens with zero attached hydrogens (tertiary/aromatic N) is 1. The molecule has 1 aliphatic carbocycles. The monoisotopic (exact) mass is 664 g/mol. The summed E-state index contributed by atoms with van der Waals surface area (Å²) in [6, 6.07) is 22.4. The molecule has 0 aliphatic heterocycles. The van der Waals surface area contributed by atoms with Crippen molar-refractivity contribution in [3.05, 3.63) is 101 Å². The first-order valence-corrected chi connectivity index (χ1v) is 18.0. The van der Waals surface area contributed by atoms with Crippen LogP contribution < -0.4 is 20.3 Å². The van der Waals surface area contributed by atoms with Gasteiger partial charge in [-0.3, -0.25) is 13.9 Å². The van der Waals surface area contributed by atoms with Crippen LogP contribution in [0.1, 0.15) is 70.5 Å². The highest BCUT2D eigenvalue weighted by molar-refractivity contribution is 7.92. The second-order valence-corrected chi connectivity index (χ2v) is 14.5. The Hall–Kier alpha value is -3.77. The number of carbonyl (C=O) groups is 2. The fourth-order valence-corrected chi connectivity index (χ4v) is 6.46. The highest BCUT2D eigenvalue weighted by Crippen LogP contribution is 2.26. The second-order valence-electron chi connectivity index (χ2n) is 12.5. The average molecular weight is 665 g/mol. The van der Waals surface area contributed by atoms with Crippen molar-refractivity contribution >= 4 is 27.5 Å². The molecule has 4 rings (SSSR count). The van der Waals surface area contributed by atoms with Crippen LogP contribution in [-0.2, 0) is 21.2 Å². The third-order valence-corrected chi connectivity index (χ3v) is 10.1. The Labute approximate surface area is 279 Å². The summed E-state index contributed by atoms with van der Waals surface area (Å²) in [5, 5.41) is 20.6. The summed E-state index contributed by atoms with van der Waals surface area (Å²) in [7, 11) is -0.578. The Morgan fingerprint density at radius 1 is 0.957 bits per heavy atom. The zero-order chi connectivity index (χ0) is 34.0. The van der Waals surface area contributed by atoms with E-state index >= 15 is 0 Å². The van der Waals surface area contributed by atoms with E-state index in [2.05, 4.69) is 16.0 Å². The minimum atomic E-state index is -3.70. The molecule has 1 aliphatic rings. The molecule has 0 saturated heterocycles. The maximum atomic E-state index is 13.8. The van der Waals surface area contributed by atoms with Gasteiger partial charge in [-0.25, -0.2) is 8.42 Å². The van der Waals surface area contributed by atoms with Crippen LogP contribution in [0.4, 0.5) is 5.69 Å². The molecule has 254 valence electrons. The van der Waals surface area contributed by atoms with E-state index in [4.69, 9.17) is 4.74 Å². The van der Waals surface area contributed by atoms with Crippen LogP contribution in [0, 0.1) is 5.92 Å². The topological polar surface area (TPSA) is 137 Å². The molecule has 10 nitrogen and oxygen atoms in total. The van der Waals surface area contributed by atoms with E-state index in [0.717, 1.165) is 53.9 Å². The van der Waals surface area contributed by atoms with E-state index in [9.17, 15) is 23.1 Å². The van der Waals surface area contributed by atoms with Gasteiger partial charge >= 0.3 is 0 Å². The zero-order valence-corrected chi connectivity index (χ0v) is 28.5.